The molecule has 150 valence electrons. The Balaban J connectivity index is 1.37. The quantitative estimate of drug-likeness (QED) is 0.583. The van der Waals surface area contributed by atoms with Crippen LogP contribution in [-0.4, -0.2) is 24.0 Å². The van der Waals surface area contributed by atoms with E-state index in [0.717, 1.165) is 25.1 Å². The first kappa shape index (κ1) is 20.0. The second-order valence-electron chi connectivity index (χ2n) is 7.25. The average molecular weight is 426 g/mol. The summed E-state index contributed by atoms with van der Waals surface area (Å²) in [6.07, 6.45) is 1.04. The fourth-order valence-corrected chi connectivity index (χ4v) is 4.58. The summed E-state index contributed by atoms with van der Waals surface area (Å²) >= 11 is 7.60. The summed E-state index contributed by atoms with van der Waals surface area (Å²) in [5.41, 5.74) is 5.09. The van der Waals surface area contributed by atoms with Gasteiger partial charge in [-0.25, -0.2) is 4.79 Å². The first-order chi connectivity index (χ1) is 14.2. The Morgan fingerprint density at radius 3 is 2.62 bits per heavy atom. The summed E-state index contributed by atoms with van der Waals surface area (Å²) in [7, 11) is 0. The minimum atomic E-state index is -0.155. The number of nitrogens with one attached hydrogen (secondary N) is 2. The Hall–Kier alpha value is -2.34. The molecule has 2 amide bonds. The van der Waals surface area contributed by atoms with E-state index in [9.17, 15) is 4.79 Å². The number of urea groups is 1. The number of carbonyl (C=O) groups excluding carboxylic acids is 1. The monoisotopic (exact) mass is 425 g/mol. The van der Waals surface area contributed by atoms with Gasteiger partial charge in [-0.1, -0.05) is 48.0 Å². The van der Waals surface area contributed by atoms with Crippen molar-refractivity contribution >= 4 is 29.0 Å². The van der Waals surface area contributed by atoms with Crippen LogP contribution in [0.4, 0.5) is 4.79 Å². The maximum Gasteiger partial charge on any atom is 0.315 e. The maximum atomic E-state index is 12.4. The van der Waals surface area contributed by atoms with E-state index in [1.165, 1.54) is 16.7 Å². The van der Waals surface area contributed by atoms with Gasteiger partial charge in [0.1, 0.15) is 0 Å². The molecule has 2 heterocycles. The molecular weight excluding hydrogens is 402 g/mol. The predicted octanol–water partition coefficient (Wildman–Crippen LogP) is 5.00. The molecule has 1 aliphatic rings. The number of hydrogen-bond donors (Lipinski definition) is 2. The number of amides is 2. The van der Waals surface area contributed by atoms with Crippen molar-refractivity contribution in [3.05, 3.63) is 92.6 Å². The van der Waals surface area contributed by atoms with Gasteiger partial charge in [0.25, 0.3) is 0 Å². The largest absolute Gasteiger partial charge is 0.336 e. The third-order valence-electron chi connectivity index (χ3n) is 5.35. The number of fused-ring (bicyclic) bond motifs is 1. The highest BCUT2D eigenvalue weighted by Crippen LogP contribution is 2.28. The lowest BCUT2D eigenvalue weighted by Crippen LogP contribution is -2.43. The predicted molar refractivity (Wildman–Crippen MR) is 119 cm³/mol. The van der Waals surface area contributed by atoms with Crippen molar-refractivity contribution in [2.24, 2.45) is 0 Å². The number of thiophene rings is 1. The molecule has 1 aromatic heterocycles. The molecule has 0 spiro atoms. The molecular formula is C23H24ClN3OS. The van der Waals surface area contributed by atoms with Gasteiger partial charge in [0, 0.05) is 31.2 Å². The van der Waals surface area contributed by atoms with E-state index >= 15 is 0 Å². The highest BCUT2D eigenvalue weighted by atomic mass is 35.5. The van der Waals surface area contributed by atoms with Crippen LogP contribution >= 0.6 is 22.9 Å². The van der Waals surface area contributed by atoms with Crippen LogP contribution in [0.5, 0.6) is 0 Å². The van der Waals surface area contributed by atoms with Gasteiger partial charge in [0.05, 0.1) is 6.04 Å². The van der Waals surface area contributed by atoms with Crippen LogP contribution in [0.3, 0.4) is 0 Å². The zero-order valence-electron chi connectivity index (χ0n) is 16.1. The molecule has 3 aromatic rings. The number of carbonyl (C=O) groups is 1. The molecule has 0 saturated heterocycles. The fraction of sp³-hybridized carbons (Fsp3) is 0.261. The molecule has 0 fully saturated rings. The number of nitrogens with zero attached hydrogens (tertiary/aromatic N) is 1. The first-order valence-corrected chi connectivity index (χ1v) is 11.1. The maximum absolute atomic E-state index is 12.4. The lowest BCUT2D eigenvalue weighted by atomic mass is 9.97. The lowest BCUT2D eigenvalue weighted by molar-refractivity contribution is 0.174. The highest BCUT2D eigenvalue weighted by Gasteiger charge is 2.25. The van der Waals surface area contributed by atoms with Gasteiger partial charge in [0.2, 0.25) is 0 Å². The van der Waals surface area contributed by atoms with Crippen LogP contribution < -0.4 is 10.6 Å². The van der Waals surface area contributed by atoms with Gasteiger partial charge in [-0.05, 0) is 57.6 Å². The van der Waals surface area contributed by atoms with E-state index in [1.54, 1.807) is 11.3 Å². The van der Waals surface area contributed by atoms with Crippen LogP contribution in [-0.2, 0) is 19.5 Å². The highest BCUT2D eigenvalue weighted by molar-refractivity contribution is 7.08. The molecule has 0 saturated carbocycles. The Bertz CT molecular complexity index is 943. The molecule has 29 heavy (non-hydrogen) atoms. The van der Waals surface area contributed by atoms with E-state index in [1.807, 2.05) is 24.3 Å². The minimum absolute atomic E-state index is 0.155. The van der Waals surface area contributed by atoms with Crippen molar-refractivity contribution < 1.29 is 4.79 Å². The standard InChI is InChI=1S/C23H24ClN3OS/c24-21-7-5-17(6-8-21)13-25-23(28)26-14-22(20-10-12-29-16-20)27-11-9-18-3-1-2-4-19(18)15-27/h1-8,10,12,16,22H,9,11,13-15H2,(H2,25,26,28). The van der Waals surface area contributed by atoms with Crippen molar-refractivity contribution in [1.29, 1.82) is 0 Å². The second-order valence-corrected chi connectivity index (χ2v) is 8.47. The van der Waals surface area contributed by atoms with E-state index in [2.05, 4.69) is 56.6 Å². The lowest BCUT2D eigenvalue weighted by Gasteiger charge is -2.35. The van der Waals surface area contributed by atoms with Gasteiger partial charge in [-0.3, -0.25) is 4.90 Å². The smallest absolute Gasteiger partial charge is 0.315 e. The molecule has 4 nitrogen and oxygen atoms in total. The van der Waals surface area contributed by atoms with E-state index in [0.29, 0.717) is 18.1 Å². The summed E-state index contributed by atoms with van der Waals surface area (Å²) in [4.78, 5) is 14.8. The van der Waals surface area contributed by atoms with Crippen molar-refractivity contribution in [2.45, 2.75) is 25.6 Å². The Morgan fingerprint density at radius 1 is 1.07 bits per heavy atom. The number of rotatable bonds is 6. The van der Waals surface area contributed by atoms with Crippen molar-refractivity contribution in [1.82, 2.24) is 15.5 Å². The number of halogens is 1. The SMILES string of the molecule is O=C(NCc1ccc(Cl)cc1)NCC(c1ccsc1)N1CCc2ccccc2C1. The van der Waals surface area contributed by atoms with Crippen LogP contribution in [0.15, 0.2) is 65.4 Å². The van der Waals surface area contributed by atoms with Gasteiger partial charge in [-0.15, -0.1) is 0 Å². The topological polar surface area (TPSA) is 44.4 Å². The van der Waals surface area contributed by atoms with Crippen LogP contribution in [0.1, 0.15) is 28.3 Å². The molecule has 1 aliphatic heterocycles. The summed E-state index contributed by atoms with van der Waals surface area (Å²) < 4.78 is 0. The number of benzene rings is 2. The average Bonchev–Trinajstić information content (AvgIpc) is 3.28. The zero-order chi connectivity index (χ0) is 20.1. The Labute approximate surface area is 180 Å². The fourth-order valence-electron chi connectivity index (χ4n) is 3.74. The summed E-state index contributed by atoms with van der Waals surface area (Å²) in [5.74, 6) is 0. The van der Waals surface area contributed by atoms with Crippen molar-refractivity contribution in [3.63, 3.8) is 0 Å². The molecule has 2 aromatic carbocycles. The zero-order valence-corrected chi connectivity index (χ0v) is 17.7. The third-order valence-corrected chi connectivity index (χ3v) is 6.30. The van der Waals surface area contributed by atoms with E-state index in [4.69, 9.17) is 11.6 Å². The Morgan fingerprint density at radius 2 is 1.86 bits per heavy atom. The van der Waals surface area contributed by atoms with Crippen LogP contribution in [0.25, 0.3) is 0 Å². The van der Waals surface area contributed by atoms with Crippen molar-refractivity contribution in [3.8, 4) is 0 Å². The van der Waals surface area contributed by atoms with Gasteiger partial charge < -0.3 is 10.6 Å². The minimum Gasteiger partial charge on any atom is -0.336 e. The number of hydrogen-bond acceptors (Lipinski definition) is 3. The van der Waals surface area contributed by atoms with Crippen LogP contribution in [0.2, 0.25) is 5.02 Å². The first-order valence-electron chi connectivity index (χ1n) is 9.78. The van der Waals surface area contributed by atoms with Gasteiger partial charge in [0.15, 0.2) is 0 Å². The molecule has 2 N–H and O–H groups in total. The Kier molecular flexibility index (Phi) is 6.49. The summed E-state index contributed by atoms with van der Waals surface area (Å²) in [5, 5.41) is 11.0. The third kappa shape index (κ3) is 5.18. The van der Waals surface area contributed by atoms with Gasteiger partial charge >= 0.3 is 6.03 Å². The summed E-state index contributed by atoms with van der Waals surface area (Å²) in [6.45, 7) is 2.95. The molecule has 1 unspecified atom stereocenters. The molecule has 1 atom stereocenters. The molecule has 4 rings (SSSR count). The second kappa shape index (κ2) is 9.44. The molecule has 0 bridgehead atoms. The van der Waals surface area contributed by atoms with E-state index < -0.39 is 0 Å². The molecule has 0 radical (unpaired) electrons. The van der Waals surface area contributed by atoms with Crippen LogP contribution in [0, 0.1) is 0 Å². The molecule has 0 aliphatic carbocycles. The molecule has 6 heteroatoms. The van der Waals surface area contributed by atoms with E-state index in [-0.39, 0.29) is 12.1 Å². The normalized spacial score (nSPS) is 14.8. The van der Waals surface area contributed by atoms with Gasteiger partial charge in [-0.2, -0.15) is 11.3 Å². The summed E-state index contributed by atoms with van der Waals surface area (Å²) in [6, 6.07) is 18.3. The van der Waals surface area contributed by atoms with Crippen molar-refractivity contribution in [2.75, 3.05) is 13.1 Å².